The van der Waals surface area contributed by atoms with Crippen molar-refractivity contribution >= 4 is 34.5 Å². The molecule has 0 saturated heterocycles. The summed E-state index contributed by atoms with van der Waals surface area (Å²) < 4.78 is 5.86. The van der Waals surface area contributed by atoms with Crippen molar-refractivity contribution in [2.24, 2.45) is 0 Å². The summed E-state index contributed by atoms with van der Waals surface area (Å²) >= 11 is 1.50. The molecule has 8 heteroatoms. The van der Waals surface area contributed by atoms with Gasteiger partial charge in [-0.15, -0.1) is 11.3 Å². The number of pyridine rings is 1. The van der Waals surface area contributed by atoms with E-state index in [4.69, 9.17) is 9.72 Å². The number of nitrogens with one attached hydrogen (secondary N) is 1. The van der Waals surface area contributed by atoms with Crippen molar-refractivity contribution in [3.05, 3.63) is 77.8 Å². The Bertz CT molecular complexity index is 1400. The minimum absolute atomic E-state index is 0.269. The quantitative estimate of drug-likeness (QED) is 0.414. The van der Waals surface area contributed by atoms with Gasteiger partial charge in [-0.25, -0.2) is 4.98 Å². The number of fused-ring (bicyclic) bond motifs is 1. The van der Waals surface area contributed by atoms with Crippen LogP contribution in [0.2, 0.25) is 0 Å². The standard InChI is InChI=1S/C27H24N4O3S/c1-16-8-4-5-9-20(16)29-25(32)17(2)31-23-14-19(11-12-24(23)34-18(3)27(31)33)22-15-35-26(30-22)21-10-6-7-13-28-21/h4-15,17-18H,1-3H3,(H,29,32). The Labute approximate surface area is 207 Å². The van der Waals surface area contributed by atoms with Crippen molar-refractivity contribution in [1.29, 1.82) is 0 Å². The molecule has 0 fully saturated rings. The number of carbonyl (C=O) groups is 2. The highest BCUT2D eigenvalue weighted by molar-refractivity contribution is 7.13. The van der Waals surface area contributed by atoms with Gasteiger partial charge in [-0.3, -0.25) is 19.5 Å². The Hall–Kier alpha value is -4.04. The fraction of sp³-hybridized carbons (Fsp3) is 0.185. The van der Waals surface area contributed by atoms with Crippen molar-refractivity contribution < 1.29 is 14.3 Å². The molecule has 1 aliphatic heterocycles. The van der Waals surface area contributed by atoms with E-state index in [2.05, 4.69) is 10.3 Å². The Morgan fingerprint density at radius 2 is 1.91 bits per heavy atom. The summed E-state index contributed by atoms with van der Waals surface area (Å²) in [5.74, 6) is 0.00954. The van der Waals surface area contributed by atoms with Crippen molar-refractivity contribution in [2.45, 2.75) is 32.9 Å². The van der Waals surface area contributed by atoms with Gasteiger partial charge in [0, 0.05) is 22.8 Å². The molecule has 1 aliphatic rings. The summed E-state index contributed by atoms with van der Waals surface area (Å²) in [6, 6.07) is 18.1. The molecular weight excluding hydrogens is 460 g/mol. The number of rotatable bonds is 5. The first-order chi connectivity index (χ1) is 16.9. The summed E-state index contributed by atoms with van der Waals surface area (Å²) in [5.41, 5.74) is 4.61. The predicted molar refractivity (Wildman–Crippen MR) is 138 cm³/mol. The molecule has 0 bridgehead atoms. The van der Waals surface area contributed by atoms with E-state index in [0.717, 1.165) is 33.2 Å². The Morgan fingerprint density at radius 3 is 2.69 bits per heavy atom. The van der Waals surface area contributed by atoms with Gasteiger partial charge < -0.3 is 10.1 Å². The highest BCUT2D eigenvalue weighted by Gasteiger charge is 2.37. The van der Waals surface area contributed by atoms with E-state index in [1.165, 1.54) is 16.2 Å². The second kappa shape index (κ2) is 9.31. The van der Waals surface area contributed by atoms with Gasteiger partial charge in [0.25, 0.3) is 5.91 Å². The zero-order valence-corrected chi connectivity index (χ0v) is 20.4. The number of hydrogen-bond acceptors (Lipinski definition) is 6. The van der Waals surface area contributed by atoms with Crippen molar-refractivity contribution in [1.82, 2.24) is 9.97 Å². The average molecular weight is 485 g/mol. The third-order valence-corrected chi connectivity index (χ3v) is 6.83. The molecule has 2 aromatic heterocycles. The predicted octanol–water partition coefficient (Wildman–Crippen LogP) is 5.32. The van der Waals surface area contributed by atoms with E-state index in [0.29, 0.717) is 11.4 Å². The highest BCUT2D eigenvalue weighted by Crippen LogP contribution is 2.39. The van der Waals surface area contributed by atoms with E-state index in [1.807, 2.05) is 73.0 Å². The van der Waals surface area contributed by atoms with E-state index >= 15 is 0 Å². The number of para-hydroxylation sites is 1. The van der Waals surface area contributed by atoms with Crippen LogP contribution in [0.25, 0.3) is 22.0 Å². The Balaban J connectivity index is 1.48. The highest BCUT2D eigenvalue weighted by atomic mass is 32.1. The summed E-state index contributed by atoms with van der Waals surface area (Å²) in [5, 5.41) is 5.71. The number of carbonyl (C=O) groups excluding carboxylic acids is 2. The van der Waals surface area contributed by atoms with Gasteiger partial charge in [-0.1, -0.05) is 24.3 Å². The Kier molecular flexibility index (Phi) is 6.05. The topological polar surface area (TPSA) is 84.4 Å². The van der Waals surface area contributed by atoms with Crippen molar-refractivity contribution in [3.63, 3.8) is 0 Å². The number of benzene rings is 2. The van der Waals surface area contributed by atoms with E-state index in [-0.39, 0.29) is 11.8 Å². The lowest BCUT2D eigenvalue weighted by Crippen LogP contribution is -2.52. The molecule has 0 saturated carbocycles. The zero-order chi connectivity index (χ0) is 24.5. The molecule has 2 unspecified atom stereocenters. The molecule has 35 heavy (non-hydrogen) atoms. The number of anilines is 2. The first-order valence-corrected chi connectivity index (χ1v) is 12.2. The van der Waals surface area contributed by atoms with Crippen LogP contribution in [0.5, 0.6) is 5.75 Å². The first-order valence-electron chi connectivity index (χ1n) is 11.3. The number of aryl methyl sites for hydroxylation is 1. The van der Waals surface area contributed by atoms with Gasteiger partial charge in [-0.05, 0) is 62.7 Å². The fourth-order valence-electron chi connectivity index (χ4n) is 4.00. The second-order valence-electron chi connectivity index (χ2n) is 8.38. The van der Waals surface area contributed by atoms with Gasteiger partial charge in [0.1, 0.15) is 16.8 Å². The van der Waals surface area contributed by atoms with Crippen molar-refractivity contribution in [2.75, 3.05) is 10.2 Å². The molecule has 1 N–H and O–H groups in total. The normalized spacial score (nSPS) is 15.8. The number of hydrogen-bond donors (Lipinski definition) is 1. The third kappa shape index (κ3) is 4.40. The number of aromatic nitrogens is 2. The maximum atomic E-state index is 13.2. The van der Waals surface area contributed by atoms with Gasteiger partial charge in [0.15, 0.2) is 6.10 Å². The zero-order valence-electron chi connectivity index (χ0n) is 19.6. The van der Waals surface area contributed by atoms with E-state index in [1.54, 1.807) is 20.0 Å². The SMILES string of the molecule is Cc1ccccc1NC(=O)C(C)N1C(=O)C(C)Oc2ccc(-c3csc(-c4ccccn4)n3)cc21. The van der Waals surface area contributed by atoms with Gasteiger partial charge >= 0.3 is 0 Å². The maximum Gasteiger partial charge on any atom is 0.268 e. The molecule has 2 aromatic carbocycles. The van der Waals surface area contributed by atoms with Crippen LogP contribution in [-0.2, 0) is 9.59 Å². The summed E-state index contributed by atoms with van der Waals surface area (Å²) in [6.07, 6.45) is 1.04. The largest absolute Gasteiger partial charge is 0.479 e. The monoisotopic (exact) mass is 484 g/mol. The molecule has 176 valence electrons. The van der Waals surface area contributed by atoms with Crippen LogP contribution in [-0.4, -0.2) is 33.9 Å². The molecule has 3 heterocycles. The molecule has 0 radical (unpaired) electrons. The summed E-state index contributed by atoms with van der Waals surface area (Å²) in [6.45, 7) is 5.34. The lowest BCUT2D eigenvalue weighted by Gasteiger charge is -2.36. The van der Waals surface area contributed by atoms with E-state index < -0.39 is 12.1 Å². The number of amides is 2. The molecule has 5 rings (SSSR count). The minimum atomic E-state index is -0.748. The third-order valence-electron chi connectivity index (χ3n) is 5.96. The van der Waals surface area contributed by atoms with Crippen LogP contribution >= 0.6 is 11.3 Å². The van der Waals surface area contributed by atoms with Crippen LogP contribution in [0.15, 0.2) is 72.2 Å². The van der Waals surface area contributed by atoms with Crippen LogP contribution < -0.4 is 15.0 Å². The van der Waals surface area contributed by atoms with Gasteiger partial charge in [0.05, 0.1) is 17.1 Å². The first kappa shape index (κ1) is 22.7. The van der Waals surface area contributed by atoms with Crippen LogP contribution in [0.1, 0.15) is 19.4 Å². The smallest absolute Gasteiger partial charge is 0.268 e. The van der Waals surface area contributed by atoms with Gasteiger partial charge in [0.2, 0.25) is 5.91 Å². The lowest BCUT2D eigenvalue weighted by atomic mass is 10.1. The molecule has 0 spiro atoms. The molecule has 4 aromatic rings. The minimum Gasteiger partial charge on any atom is -0.479 e. The summed E-state index contributed by atoms with van der Waals surface area (Å²) in [4.78, 5) is 37.0. The summed E-state index contributed by atoms with van der Waals surface area (Å²) in [7, 11) is 0. The Morgan fingerprint density at radius 1 is 1.11 bits per heavy atom. The maximum absolute atomic E-state index is 13.2. The average Bonchev–Trinajstić information content (AvgIpc) is 3.37. The molecule has 2 atom stereocenters. The van der Waals surface area contributed by atoms with Gasteiger partial charge in [-0.2, -0.15) is 0 Å². The lowest BCUT2D eigenvalue weighted by molar-refractivity contribution is -0.128. The van der Waals surface area contributed by atoms with E-state index in [9.17, 15) is 9.59 Å². The number of nitrogens with zero attached hydrogens (tertiary/aromatic N) is 3. The van der Waals surface area contributed by atoms with Crippen LogP contribution in [0.3, 0.4) is 0 Å². The molecule has 0 aliphatic carbocycles. The van der Waals surface area contributed by atoms with Crippen LogP contribution in [0, 0.1) is 6.92 Å². The molecule has 7 nitrogen and oxygen atoms in total. The van der Waals surface area contributed by atoms with Crippen molar-refractivity contribution in [3.8, 4) is 27.7 Å². The molecular formula is C27H24N4O3S. The fourth-order valence-corrected chi connectivity index (χ4v) is 4.80. The second-order valence-corrected chi connectivity index (χ2v) is 9.24. The van der Waals surface area contributed by atoms with Crippen LogP contribution in [0.4, 0.5) is 11.4 Å². The number of thiazole rings is 1. The number of ether oxygens (including phenoxy) is 1. The molecule has 2 amide bonds.